The molecule has 1 aliphatic carbocycles. The van der Waals surface area contributed by atoms with Crippen LogP contribution in [0.1, 0.15) is 79.1 Å². The summed E-state index contributed by atoms with van der Waals surface area (Å²) in [7, 11) is 0. The zero-order valence-electron chi connectivity index (χ0n) is 16.6. The Morgan fingerprint density at radius 2 is 1.92 bits per heavy atom. The Morgan fingerprint density at radius 1 is 1.24 bits per heavy atom. The first-order valence-electron chi connectivity index (χ1n) is 10.2. The van der Waals surface area contributed by atoms with Gasteiger partial charge in [0.15, 0.2) is 0 Å². The number of nitrogens with one attached hydrogen (secondary N) is 1. The maximum absolute atomic E-state index is 12.4. The minimum absolute atomic E-state index is 0.166. The van der Waals surface area contributed by atoms with Crippen LogP contribution in [0.5, 0.6) is 0 Å². The molecule has 2 N–H and O–H groups in total. The number of carbonyl (C=O) groups is 1. The zero-order valence-corrected chi connectivity index (χ0v) is 16.6. The first-order valence-corrected chi connectivity index (χ1v) is 10.2. The molecule has 2 fully saturated rings. The molecule has 0 radical (unpaired) electrons. The van der Waals surface area contributed by atoms with Gasteiger partial charge in [-0.3, -0.25) is 0 Å². The molecule has 2 aliphatic rings. The van der Waals surface area contributed by atoms with Crippen LogP contribution >= 0.6 is 0 Å². The fourth-order valence-electron chi connectivity index (χ4n) is 4.05. The van der Waals surface area contributed by atoms with Crippen molar-refractivity contribution in [1.82, 2.24) is 10.2 Å². The molecule has 25 heavy (non-hydrogen) atoms. The van der Waals surface area contributed by atoms with Crippen LogP contribution in [0.3, 0.4) is 0 Å². The monoisotopic (exact) mass is 354 g/mol. The van der Waals surface area contributed by atoms with E-state index < -0.39 is 11.2 Å². The number of likely N-dealkylation sites (tertiary alicyclic amines) is 1. The Morgan fingerprint density at radius 3 is 2.52 bits per heavy atom. The molecule has 0 spiro atoms. The maximum Gasteiger partial charge on any atom is 0.410 e. The van der Waals surface area contributed by atoms with Gasteiger partial charge in [0.05, 0.1) is 5.60 Å². The van der Waals surface area contributed by atoms with Crippen molar-refractivity contribution in [2.75, 3.05) is 19.6 Å². The molecule has 2 rings (SSSR count). The number of hydrogen-bond donors (Lipinski definition) is 2. The summed E-state index contributed by atoms with van der Waals surface area (Å²) in [4.78, 5) is 14.3. The molecular formula is C20H38N2O3. The number of aliphatic hydroxyl groups is 1. The van der Waals surface area contributed by atoms with Crippen molar-refractivity contribution in [2.45, 2.75) is 96.3 Å². The SMILES string of the molecule is CCC1CCC(O)(CNCC2CCCCN2C(=O)OC(C)(C)C)CC1. The van der Waals surface area contributed by atoms with Crippen LogP contribution in [-0.4, -0.2) is 53.0 Å². The van der Waals surface area contributed by atoms with E-state index in [1.807, 2.05) is 25.7 Å². The Balaban J connectivity index is 1.80. The van der Waals surface area contributed by atoms with E-state index in [0.29, 0.717) is 6.54 Å². The summed E-state index contributed by atoms with van der Waals surface area (Å²) in [6, 6.07) is 0.166. The average Bonchev–Trinajstić information content (AvgIpc) is 2.54. The first kappa shape index (κ1) is 20.5. The van der Waals surface area contributed by atoms with Crippen LogP contribution in [0.2, 0.25) is 0 Å². The third-order valence-electron chi connectivity index (χ3n) is 5.70. The molecule has 146 valence electrons. The van der Waals surface area contributed by atoms with Crippen molar-refractivity contribution >= 4 is 6.09 Å². The van der Waals surface area contributed by atoms with E-state index in [1.54, 1.807) is 0 Å². The molecule has 1 atom stereocenters. The third kappa shape index (κ3) is 6.45. The Hall–Kier alpha value is -0.810. The van der Waals surface area contributed by atoms with E-state index in [2.05, 4.69) is 12.2 Å². The average molecular weight is 355 g/mol. The van der Waals surface area contributed by atoms with Crippen LogP contribution in [0.15, 0.2) is 0 Å². The van der Waals surface area contributed by atoms with E-state index >= 15 is 0 Å². The van der Waals surface area contributed by atoms with Gasteiger partial charge >= 0.3 is 6.09 Å². The van der Waals surface area contributed by atoms with Crippen LogP contribution in [0.25, 0.3) is 0 Å². The predicted octanol–water partition coefficient (Wildman–Crippen LogP) is 3.70. The van der Waals surface area contributed by atoms with Gasteiger partial charge in [0.1, 0.15) is 5.60 Å². The molecule has 5 nitrogen and oxygen atoms in total. The summed E-state index contributed by atoms with van der Waals surface area (Å²) in [5.74, 6) is 0.779. The van der Waals surface area contributed by atoms with E-state index in [0.717, 1.165) is 64.0 Å². The number of piperidine rings is 1. The zero-order chi connectivity index (χ0) is 18.5. The van der Waals surface area contributed by atoms with E-state index in [-0.39, 0.29) is 12.1 Å². The van der Waals surface area contributed by atoms with Crippen molar-refractivity contribution in [1.29, 1.82) is 0 Å². The Bertz CT molecular complexity index is 425. The minimum atomic E-state index is -0.572. The van der Waals surface area contributed by atoms with E-state index in [9.17, 15) is 9.90 Å². The topological polar surface area (TPSA) is 61.8 Å². The number of rotatable bonds is 5. The van der Waals surface area contributed by atoms with Crippen LogP contribution in [0, 0.1) is 5.92 Å². The Labute approximate surface area is 153 Å². The molecule has 0 aromatic carbocycles. The lowest BCUT2D eigenvalue weighted by atomic mass is 9.78. The van der Waals surface area contributed by atoms with Crippen molar-refractivity contribution < 1.29 is 14.6 Å². The summed E-state index contributed by atoms with van der Waals surface area (Å²) < 4.78 is 5.56. The second kappa shape index (κ2) is 8.72. The van der Waals surface area contributed by atoms with Gasteiger partial charge in [0, 0.05) is 25.7 Å². The number of carbonyl (C=O) groups excluding carboxylic acids is 1. The highest BCUT2D eigenvalue weighted by atomic mass is 16.6. The lowest BCUT2D eigenvalue weighted by Crippen LogP contribution is -2.52. The fraction of sp³-hybridized carbons (Fsp3) is 0.950. The summed E-state index contributed by atoms with van der Waals surface area (Å²) in [6.07, 6.45) is 8.23. The van der Waals surface area contributed by atoms with Gasteiger partial charge in [-0.15, -0.1) is 0 Å². The molecule has 1 unspecified atom stereocenters. The third-order valence-corrected chi connectivity index (χ3v) is 5.70. The Kier molecular flexibility index (Phi) is 7.15. The molecule has 1 saturated heterocycles. The van der Waals surface area contributed by atoms with Crippen LogP contribution in [0.4, 0.5) is 4.79 Å². The molecule has 1 aliphatic heterocycles. The lowest BCUT2D eigenvalue weighted by Gasteiger charge is -2.39. The molecule has 0 aromatic heterocycles. The molecule has 5 heteroatoms. The highest BCUT2D eigenvalue weighted by molar-refractivity contribution is 5.68. The molecule has 0 aromatic rings. The number of amides is 1. The minimum Gasteiger partial charge on any atom is -0.444 e. The standard InChI is InChI=1S/C20H38N2O3/c1-5-16-9-11-20(24,12-10-16)15-21-14-17-8-6-7-13-22(17)18(23)25-19(2,3)4/h16-17,21,24H,5-15H2,1-4H3. The first-order chi connectivity index (χ1) is 11.7. The quantitative estimate of drug-likeness (QED) is 0.790. The van der Waals surface area contributed by atoms with Gasteiger partial charge in [-0.1, -0.05) is 13.3 Å². The number of nitrogens with zero attached hydrogens (tertiary/aromatic N) is 1. The van der Waals surface area contributed by atoms with E-state index in [1.165, 1.54) is 6.42 Å². The van der Waals surface area contributed by atoms with Crippen LogP contribution < -0.4 is 5.32 Å². The number of ether oxygens (including phenoxy) is 1. The molecule has 0 bridgehead atoms. The molecule has 1 amide bonds. The van der Waals surface area contributed by atoms with Gasteiger partial charge in [0.25, 0.3) is 0 Å². The molecule has 1 saturated carbocycles. The second-order valence-corrected chi connectivity index (χ2v) is 9.03. The van der Waals surface area contributed by atoms with Crippen molar-refractivity contribution in [3.05, 3.63) is 0 Å². The maximum atomic E-state index is 12.4. The largest absolute Gasteiger partial charge is 0.444 e. The summed E-state index contributed by atoms with van der Waals surface area (Å²) in [6.45, 7) is 10.1. The summed E-state index contributed by atoms with van der Waals surface area (Å²) in [5.41, 5.74) is -1.03. The highest BCUT2D eigenvalue weighted by Crippen LogP contribution is 2.33. The molecule has 1 heterocycles. The van der Waals surface area contributed by atoms with E-state index in [4.69, 9.17) is 4.74 Å². The highest BCUT2D eigenvalue weighted by Gasteiger charge is 2.34. The molecular weight excluding hydrogens is 316 g/mol. The van der Waals surface area contributed by atoms with Gasteiger partial charge in [0.2, 0.25) is 0 Å². The van der Waals surface area contributed by atoms with Gasteiger partial charge in [-0.25, -0.2) is 4.79 Å². The van der Waals surface area contributed by atoms with Gasteiger partial charge < -0.3 is 20.1 Å². The van der Waals surface area contributed by atoms with Gasteiger partial charge in [-0.2, -0.15) is 0 Å². The second-order valence-electron chi connectivity index (χ2n) is 9.03. The van der Waals surface area contributed by atoms with Crippen molar-refractivity contribution in [3.8, 4) is 0 Å². The normalized spacial score (nSPS) is 31.0. The van der Waals surface area contributed by atoms with Crippen molar-refractivity contribution in [2.24, 2.45) is 5.92 Å². The predicted molar refractivity (Wildman–Crippen MR) is 101 cm³/mol. The summed E-state index contributed by atoms with van der Waals surface area (Å²) >= 11 is 0. The summed E-state index contributed by atoms with van der Waals surface area (Å²) in [5, 5.41) is 14.2. The number of hydrogen-bond acceptors (Lipinski definition) is 4. The van der Waals surface area contributed by atoms with Crippen LogP contribution in [-0.2, 0) is 4.74 Å². The van der Waals surface area contributed by atoms with Crippen molar-refractivity contribution in [3.63, 3.8) is 0 Å². The smallest absolute Gasteiger partial charge is 0.410 e. The lowest BCUT2D eigenvalue weighted by molar-refractivity contribution is -0.0118. The van der Waals surface area contributed by atoms with Gasteiger partial charge in [-0.05, 0) is 71.6 Å². The fourth-order valence-corrected chi connectivity index (χ4v) is 4.05.